The van der Waals surface area contributed by atoms with Gasteiger partial charge in [0.2, 0.25) is 0 Å². The van der Waals surface area contributed by atoms with Crippen molar-refractivity contribution in [2.45, 2.75) is 39.2 Å². The van der Waals surface area contributed by atoms with Gasteiger partial charge in [0.1, 0.15) is 0 Å². The van der Waals surface area contributed by atoms with Gasteiger partial charge in [-0.2, -0.15) is 0 Å². The van der Waals surface area contributed by atoms with E-state index in [0.717, 1.165) is 6.42 Å². The van der Waals surface area contributed by atoms with E-state index in [1.807, 2.05) is 0 Å². The lowest BCUT2D eigenvalue weighted by molar-refractivity contribution is 0.480. The summed E-state index contributed by atoms with van der Waals surface area (Å²) in [6.07, 6.45) is 2.33. The summed E-state index contributed by atoms with van der Waals surface area (Å²) in [4.78, 5) is 0. The van der Waals surface area contributed by atoms with Crippen LogP contribution in [0, 0.1) is 5.41 Å². The van der Waals surface area contributed by atoms with Gasteiger partial charge >= 0.3 is 0 Å². The predicted molar refractivity (Wildman–Crippen MR) is 35.6 cm³/mol. The smallest absolute Gasteiger partial charge is 0.0209 e. The second-order valence-corrected chi connectivity index (χ2v) is 3.57. The Labute approximate surface area is 51.3 Å². The maximum Gasteiger partial charge on any atom is 0.0209 e. The largest absolute Gasteiger partial charge is 0.325 e. The maximum absolute atomic E-state index is 5.92. The van der Waals surface area contributed by atoms with Gasteiger partial charge in [-0.1, -0.05) is 20.8 Å². The standard InChI is InChI=1S/C7H15N/c1-4-7(8)5-6(7,2)3/h4-5,8H2,1-3H3. The molecule has 0 saturated heterocycles. The van der Waals surface area contributed by atoms with Gasteiger partial charge in [0, 0.05) is 5.54 Å². The van der Waals surface area contributed by atoms with E-state index < -0.39 is 0 Å². The molecule has 0 bridgehead atoms. The molecule has 1 unspecified atom stereocenters. The van der Waals surface area contributed by atoms with Crippen LogP contribution in [0.15, 0.2) is 0 Å². The number of hydrogen-bond acceptors (Lipinski definition) is 1. The monoisotopic (exact) mass is 113 g/mol. The molecule has 8 heavy (non-hydrogen) atoms. The first-order chi connectivity index (χ1) is 3.52. The van der Waals surface area contributed by atoms with Gasteiger partial charge in [-0.3, -0.25) is 0 Å². The summed E-state index contributed by atoms with van der Waals surface area (Å²) in [6.45, 7) is 6.63. The quantitative estimate of drug-likeness (QED) is 0.548. The van der Waals surface area contributed by atoms with E-state index in [4.69, 9.17) is 5.73 Å². The van der Waals surface area contributed by atoms with Crippen LogP contribution >= 0.6 is 0 Å². The van der Waals surface area contributed by atoms with Crippen molar-refractivity contribution in [3.63, 3.8) is 0 Å². The van der Waals surface area contributed by atoms with Gasteiger partial charge < -0.3 is 5.73 Å². The zero-order valence-corrected chi connectivity index (χ0v) is 5.99. The average Bonchev–Trinajstić information content (AvgIpc) is 2.10. The molecule has 1 aliphatic carbocycles. The molecule has 1 atom stereocenters. The fourth-order valence-electron chi connectivity index (χ4n) is 1.35. The maximum atomic E-state index is 5.92. The van der Waals surface area contributed by atoms with Crippen LogP contribution in [0.1, 0.15) is 33.6 Å². The Bertz CT molecular complexity index is 107. The Morgan fingerprint density at radius 1 is 1.50 bits per heavy atom. The number of nitrogens with two attached hydrogens (primary N) is 1. The summed E-state index contributed by atoms with van der Waals surface area (Å²) < 4.78 is 0. The molecule has 0 radical (unpaired) electrons. The molecule has 1 aliphatic rings. The van der Waals surface area contributed by atoms with E-state index >= 15 is 0 Å². The molecule has 1 nitrogen and oxygen atoms in total. The molecule has 1 heteroatoms. The Morgan fingerprint density at radius 2 is 1.88 bits per heavy atom. The Kier molecular flexibility index (Phi) is 0.965. The van der Waals surface area contributed by atoms with Crippen molar-refractivity contribution in [3.05, 3.63) is 0 Å². The molecule has 48 valence electrons. The summed E-state index contributed by atoms with van der Waals surface area (Å²) in [5.74, 6) is 0. The average molecular weight is 113 g/mol. The van der Waals surface area contributed by atoms with E-state index in [-0.39, 0.29) is 5.54 Å². The molecule has 2 N–H and O–H groups in total. The van der Waals surface area contributed by atoms with Crippen LogP contribution in [-0.2, 0) is 0 Å². The van der Waals surface area contributed by atoms with Crippen LogP contribution in [0.4, 0.5) is 0 Å². The molecule has 0 heterocycles. The number of rotatable bonds is 1. The van der Waals surface area contributed by atoms with Crippen molar-refractivity contribution in [3.8, 4) is 0 Å². The van der Waals surface area contributed by atoms with E-state index in [0.29, 0.717) is 5.41 Å². The molecular formula is C7H15N. The highest BCUT2D eigenvalue weighted by Gasteiger charge is 2.56. The molecule has 0 aromatic heterocycles. The van der Waals surface area contributed by atoms with Crippen molar-refractivity contribution < 1.29 is 0 Å². The number of hydrogen-bond donors (Lipinski definition) is 1. The molecular weight excluding hydrogens is 98.1 g/mol. The third kappa shape index (κ3) is 0.576. The zero-order valence-electron chi connectivity index (χ0n) is 5.99. The molecule has 0 aromatic carbocycles. The van der Waals surface area contributed by atoms with Crippen molar-refractivity contribution in [1.82, 2.24) is 0 Å². The molecule has 1 rings (SSSR count). The van der Waals surface area contributed by atoms with Crippen LogP contribution in [0.5, 0.6) is 0 Å². The lowest BCUT2D eigenvalue weighted by Crippen LogP contribution is -2.26. The Hall–Kier alpha value is -0.0400. The first-order valence-corrected chi connectivity index (χ1v) is 3.31. The second-order valence-electron chi connectivity index (χ2n) is 3.57. The fraction of sp³-hybridized carbons (Fsp3) is 1.00. The van der Waals surface area contributed by atoms with Crippen LogP contribution in [0.3, 0.4) is 0 Å². The van der Waals surface area contributed by atoms with Gasteiger partial charge in [-0.15, -0.1) is 0 Å². The first kappa shape index (κ1) is 6.09. The van der Waals surface area contributed by atoms with Crippen molar-refractivity contribution >= 4 is 0 Å². The lowest BCUT2D eigenvalue weighted by Gasteiger charge is -2.10. The molecule has 0 amide bonds. The third-order valence-corrected chi connectivity index (χ3v) is 2.61. The van der Waals surface area contributed by atoms with E-state index in [1.54, 1.807) is 0 Å². The second kappa shape index (κ2) is 1.27. The normalized spacial score (nSPS) is 42.0. The van der Waals surface area contributed by atoms with Gasteiger partial charge in [-0.25, -0.2) is 0 Å². The summed E-state index contributed by atoms with van der Waals surface area (Å²) in [5, 5.41) is 0. The van der Waals surface area contributed by atoms with Crippen molar-refractivity contribution in [2.24, 2.45) is 11.1 Å². The summed E-state index contributed by atoms with van der Waals surface area (Å²) in [6, 6.07) is 0. The van der Waals surface area contributed by atoms with E-state index in [1.165, 1.54) is 6.42 Å². The molecule has 0 aliphatic heterocycles. The molecule has 0 spiro atoms. The highest BCUT2D eigenvalue weighted by molar-refractivity contribution is 5.13. The van der Waals surface area contributed by atoms with Gasteiger partial charge in [0.15, 0.2) is 0 Å². The first-order valence-electron chi connectivity index (χ1n) is 3.31. The van der Waals surface area contributed by atoms with Crippen molar-refractivity contribution in [2.75, 3.05) is 0 Å². The van der Waals surface area contributed by atoms with Gasteiger partial charge in [0.05, 0.1) is 0 Å². The Balaban J connectivity index is 2.55. The SMILES string of the molecule is CCC1(N)CC1(C)C. The topological polar surface area (TPSA) is 26.0 Å². The van der Waals surface area contributed by atoms with Crippen LogP contribution in [-0.4, -0.2) is 5.54 Å². The van der Waals surface area contributed by atoms with E-state index in [2.05, 4.69) is 20.8 Å². The summed E-state index contributed by atoms with van der Waals surface area (Å²) in [5.41, 5.74) is 6.54. The minimum atomic E-state index is 0.188. The van der Waals surface area contributed by atoms with Gasteiger partial charge in [-0.05, 0) is 18.3 Å². The minimum Gasteiger partial charge on any atom is -0.325 e. The molecule has 1 saturated carbocycles. The van der Waals surface area contributed by atoms with E-state index in [9.17, 15) is 0 Å². The highest BCUT2D eigenvalue weighted by Crippen LogP contribution is 2.55. The third-order valence-electron chi connectivity index (χ3n) is 2.61. The Morgan fingerprint density at radius 3 is 1.88 bits per heavy atom. The minimum absolute atomic E-state index is 0.188. The zero-order chi connectivity index (χ0) is 6.41. The van der Waals surface area contributed by atoms with Crippen LogP contribution in [0.25, 0.3) is 0 Å². The van der Waals surface area contributed by atoms with Crippen molar-refractivity contribution in [1.29, 1.82) is 0 Å². The summed E-state index contributed by atoms with van der Waals surface area (Å²) in [7, 11) is 0. The fourth-order valence-corrected chi connectivity index (χ4v) is 1.35. The summed E-state index contributed by atoms with van der Waals surface area (Å²) >= 11 is 0. The highest BCUT2D eigenvalue weighted by atomic mass is 14.9. The van der Waals surface area contributed by atoms with Crippen LogP contribution < -0.4 is 5.73 Å². The lowest BCUT2D eigenvalue weighted by atomic mass is 10.0. The molecule has 0 aromatic rings. The predicted octanol–water partition coefficient (Wildman–Crippen LogP) is 1.52. The molecule has 1 fully saturated rings. The van der Waals surface area contributed by atoms with Gasteiger partial charge in [0.25, 0.3) is 0 Å². The van der Waals surface area contributed by atoms with Crippen LogP contribution in [0.2, 0.25) is 0 Å².